The van der Waals surface area contributed by atoms with E-state index in [2.05, 4.69) is 10.1 Å². The summed E-state index contributed by atoms with van der Waals surface area (Å²) in [5.74, 6) is -2.21. The third-order valence-electron chi connectivity index (χ3n) is 3.40. The number of benzene rings is 1. The van der Waals surface area contributed by atoms with E-state index in [0.29, 0.717) is 12.4 Å². The Hall–Kier alpha value is -1.53. The number of hydrogen-bond donors (Lipinski definition) is 0. The van der Waals surface area contributed by atoms with Gasteiger partial charge in [0.15, 0.2) is 5.82 Å². The minimum absolute atomic E-state index is 0.171. The van der Waals surface area contributed by atoms with Gasteiger partial charge in [0.05, 0.1) is 12.6 Å². The van der Waals surface area contributed by atoms with Crippen molar-refractivity contribution < 1.29 is 13.5 Å². The lowest BCUT2D eigenvalue weighted by Gasteiger charge is -2.28. The predicted molar refractivity (Wildman–Crippen MR) is 74.4 cm³/mol. The second kappa shape index (κ2) is 5.69. The van der Waals surface area contributed by atoms with Crippen LogP contribution in [-0.4, -0.2) is 33.4 Å². The van der Waals surface area contributed by atoms with E-state index in [1.807, 2.05) is 30.3 Å². The van der Waals surface area contributed by atoms with Crippen LogP contribution in [0.15, 0.2) is 30.3 Å². The van der Waals surface area contributed by atoms with Gasteiger partial charge < -0.3 is 4.74 Å². The first-order chi connectivity index (χ1) is 10.0. The third-order valence-corrected chi connectivity index (χ3v) is 3.68. The van der Waals surface area contributed by atoms with Crippen molar-refractivity contribution >= 4 is 11.6 Å². The average molecular weight is 314 g/mol. The Balaban J connectivity index is 1.71. The highest BCUT2D eigenvalue weighted by Gasteiger charge is 2.36. The van der Waals surface area contributed by atoms with Crippen LogP contribution in [0.5, 0.6) is 0 Å². The molecule has 1 fully saturated rings. The van der Waals surface area contributed by atoms with Gasteiger partial charge in [-0.25, -0.2) is 13.5 Å². The first kappa shape index (κ1) is 14.4. The van der Waals surface area contributed by atoms with Gasteiger partial charge in [-0.3, -0.25) is 0 Å². The Morgan fingerprint density at radius 2 is 2.10 bits per heavy atom. The first-order valence-corrected chi connectivity index (χ1v) is 7.06. The lowest BCUT2D eigenvalue weighted by atomic mass is 10.1. The molecule has 2 aromatic rings. The van der Waals surface area contributed by atoms with Gasteiger partial charge in [0.25, 0.3) is 5.92 Å². The maximum Gasteiger partial charge on any atom is 0.271 e. The Bertz CT molecular complexity index is 608. The van der Waals surface area contributed by atoms with Crippen LogP contribution < -0.4 is 0 Å². The third kappa shape index (κ3) is 3.39. The maximum atomic E-state index is 13.0. The van der Waals surface area contributed by atoms with Crippen molar-refractivity contribution in [1.29, 1.82) is 0 Å². The summed E-state index contributed by atoms with van der Waals surface area (Å²) in [7, 11) is 0. The zero-order chi connectivity index (χ0) is 14.9. The van der Waals surface area contributed by atoms with Crippen molar-refractivity contribution in [3.05, 3.63) is 35.6 Å². The lowest BCUT2D eigenvalue weighted by molar-refractivity contribution is -0.147. The van der Waals surface area contributed by atoms with Gasteiger partial charge in [-0.2, -0.15) is 4.98 Å². The molecule has 1 aromatic carbocycles. The second-order valence-electron chi connectivity index (χ2n) is 5.08. The number of hydrogen-bond acceptors (Lipinski definition) is 3. The van der Waals surface area contributed by atoms with Crippen LogP contribution in [0.3, 0.4) is 0 Å². The van der Waals surface area contributed by atoms with E-state index in [9.17, 15) is 8.78 Å². The van der Waals surface area contributed by atoms with E-state index < -0.39 is 12.5 Å². The average Bonchev–Trinajstić information content (AvgIpc) is 2.83. The molecule has 4 nitrogen and oxygen atoms in total. The van der Waals surface area contributed by atoms with Gasteiger partial charge in [0, 0.05) is 12.0 Å². The quantitative estimate of drug-likeness (QED) is 0.871. The molecule has 7 heteroatoms. The molecule has 1 atom stereocenters. The van der Waals surface area contributed by atoms with E-state index in [1.54, 1.807) is 0 Å². The van der Waals surface area contributed by atoms with Crippen LogP contribution in [0.25, 0.3) is 11.4 Å². The van der Waals surface area contributed by atoms with E-state index in [4.69, 9.17) is 16.3 Å². The summed E-state index contributed by atoms with van der Waals surface area (Å²) in [6, 6.07) is 9.44. The van der Waals surface area contributed by atoms with E-state index >= 15 is 0 Å². The number of rotatable bonds is 3. The molecule has 0 saturated carbocycles. The van der Waals surface area contributed by atoms with Crippen LogP contribution in [0.2, 0.25) is 5.28 Å². The monoisotopic (exact) mass is 313 g/mol. The van der Waals surface area contributed by atoms with Crippen molar-refractivity contribution in [2.24, 2.45) is 0 Å². The maximum absolute atomic E-state index is 13.0. The number of alkyl halides is 2. The van der Waals surface area contributed by atoms with Crippen LogP contribution >= 0.6 is 11.6 Å². The van der Waals surface area contributed by atoms with Gasteiger partial charge in [0.1, 0.15) is 6.61 Å². The smallest absolute Gasteiger partial charge is 0.271 e. The normalized spacial score (nSPS) is 21.4. The van der Waals surface area contributed by atoms with E-state index in [0.717, 1.165) is 5.56 Å². The Kier molecular flexibility index (Phi) is 3.91. The molecule has 1 aliphatic rings. The summed E-state index contributed by atoms with van der Waals surface area (Å²) in [6.07, 6.45) is -0.202. The van der Waals surface area contributed by atoms with Gasteiger partial charge in [-0.1, -0.05) is 30.3 Å². The molecular formula is C14H14ClF2N3O. The fourth-order valence-electron chi connectivity index (χ4n) is 2.25. The zero-order valence-electron chi connectivity index (χ0n) is 11.2. The molecule has 0 radical (unpaired) electrons. The van der Waals surface area contributed by atoms with E-state index in [-0.39, 0.29) is 24.2 Å². The molecule has 0 N–H and O–H groups in total. The summed E-state index contributed by atoms with van der Waals surface area (Å²) in [4.78, 5) is 4.19. The number of aromatic nitrogens is 3. The molecule has 112 valence electrons. The van der Waals surface area contributed by atoms with E-state index in [1.165, 1.54) is 4.68 Å². The summed E-state index contributed by atoms with van der Waals surface area (Å²) in [5, 5.41) is 4.55. The van der Waals surface area contributed by atoms with Gasteiger partial charge in [-0.15, -0.1) is 5.10 Å². The highest BCUT2D eigenvalue weighted by molar-refractivity contribution is 6.28. The predicted octanol–water partition coefficient (Wildman–Crippen LogP) is 3.41. The van der Waals surface area contributed by atoms with Crippen molar-refractivity contribution in [2.45, 2.75) is 31.4 Å². The van der Waals surface area contributed by atoms with Crippen LogP contribution in [0, 0.1) is 0 Å². The molecule has 1 aliphatic heterocycles. The van der Waals surface area contributed by atoms with Crippen molar-refractivity contribution in [3.8, 4) is 11.4 Å². The molecule has 3 rings (SSSR count). The molecule has 2 heterocycles. The fraction of sp³-hybridized carbons (Fsp3) is 0.429. The van der Waals surface area contributed by atoms with Gasteiger partial charge in [0.2, 0.25) is 5.28 Å². The molecule has 21 heavy (non-hydrogen) atoms. The minimum atomic E-state index is -2.72. The Labute approximate surface area is 125 Å². The molecule has 0 bridgehead atoms. The fourth-order valence-corrected chi connectivity index (χ4v) is 2.44. The van der Waals surface area contributed by atoms with Gasteiger partial charge in [-0.05, 0) is 18.0 Å². The lowest BCUT2D eigenvalue weighted by Crippen LogP contribution is -2.36. The molecular weight excluding hydrogens is 300 g/mol. The summed E-state index contributed by atoms with van der Waals surface area (Å²) in [5.41, 5.74) is 0.856. The Morgan fingerprint density at radius 1 is 1.33 bits per heavy atom. The van der Waals surface area contributed by atoms with Crippen LogP contribution in [0.4, 0.5) is 8.78 Å². The number of ether oxygens (including phenoxy) is 1. The molecule has 0 spiro atoms. The largest absolute Gasteiger partial charge is 0.370 e. The molecule has 0 aliphatic carbocycles. The highest BCUT2D eigenvalue weighted by Crippen LogP contribution is 2.29. The molecule has 1 unspecified atom stereocenters. The molecule has 0 amide bonds. The molecule has 1 aromatic heterocycles. The van der Waals surface area contributed by atoms with Crippen molar-refractivity contribution in [1.82, 2.24) is 14.8 Å². The standard InChI is InChI=1S/C14H14ClF2N3O/c15-13-18-12(10-4-2-1-3-5-10)19-20(13)8-11-6-7-14(16,17)9-21-11/h1-5,11H,6-9H2. The highest BCUT2D eigenvalue weighted by atomic mass is 35.5. The second-order valence-corrected chi connectivity index (χ2v) is 5.42. The topological polar surface area (TPSA) is 39.9 Å². The Morgan fingerprint density at radius 3 is 2.76 bits per heavy atom. The first-order valence-electron chi connectivity index (χ1n) is 6.69. The molecule has 1 saturated heterocycles. The van der Waals surface area contributed by atoms with Crippen molar-refractivity contribution in [3.63, 3.8) is 0 Å². The zero-order valence-corrected chi connectivity index (χ0v) is 11.9. The summed E-state index contributed by atoms with van der Waals surface area (Å²) in [6.45, 7) is -0.218. The number of halogens is 3. The number of nitrogens with zero attached hydrogens (tertiary/aromatic N) is 3. The summed E-state index contributed by atoms with van der Waals surface area (Å²) >= 11 is 6.06. The SMILES string of the molecule is FC1(F)CCC(Cn2nc(-c3ccccc3)nc2Cl)OC1. The summed E-state index contributed by atoms with van der Waals surface area (Å²) < 4.78 is 32.7. The van der Waals surface area contributed by atoms with Gasteiger partial charge >= 0.3 is 0 Å². The van der Waals surface area contributed by atoms with Crippen molar-refractivity contribution in [2.75, 3.05) is 6.61 Å². The van der Waals surface area contributed by atoms with Crippen LogP contribution in [0.1, 0.15) is 12.8 Å². The minimum Gasteiger partial charge on any atom is -0.370 e. The van der Waals surface area contributed by atoms with Crippen LogP contribution in [-0.2, 0) is 11.3 Å².